The van der Waals surface area contributed by atoms with E-state index in [9.17, 15) is 10.1 Å². The fraction of sp³-hybridized carbons (Fsp3) is 0.385. The molecule has 2 heterocycles. The largest absolute Gasteiger partial charge is 0.370 e. The molecule has 0 aliphatic carbocycles. The third-order valence-electron chi connectivity index (χ3n) is 2.99. The highest BCUT2D eigenvalue weighted by atomic mass is 16.6. The molecular formula is C13H17N5O2. The number of aromatic nitrogens is 3. The summed E-state index contributed by atoms with van der Waals surface area (Å²) in [6.45, 7) is 5.42. The molecule has 0 amide bonds. The number of rotatable bonds is 6. The Labute approximate surface area is 116 Å². The van der Waals surface area contributed by atoms with Crippen LogP contribution in [0.1, 0.15) is 12.5 Å². The molecule has 0 fully saturated rings. The first-order chi connectivity index (χ1) is 9.56. The molecule has 0 radical (unpaired) electrons. The van der Waals surface area contributed by atoms with E-state index in [1.54, 1.807) is 25.5 Å². The maximum Gasteiger partial charge on any atom is 0.290 e. The lowest BCUT2D eigenvalue weighted by Gasteiger charge is -2.13. The molecule has 0 unspecified atom stereocenters. The molecule has 1 atom stereocenters. The lowest BCUT2D eigenvalue weighted by atomic mass is 10.2. The Hall–Kier alpha value is -2.44. The summed E-state index contributed by atoms with van der Waals surface area (Å²) in [7, 11) is 0. The first kappa shape index (κ1) is 14.0. The molecule has 0 spiro atoms. The number of hydrogen-bond donors (Lipinski definition) is 1. The second-order valence-electron chi connectivity index (χ2n) is 4.86. The summed E-state index contributed by atoms with van der Waals surface area (Å²) in [6, 6.07) is 1.70. The smallest absolute Gasteiger partial charge is 0.290 e. The van der Waals surface area contributed by atoms with E-state index < -0.39 is 4.92 Å². The van der Waals surface area contributed by atoms with Crippen LogP contribution in [0, 0.1) is 23.0 Å². The van der Waals surface area contributed by atoms with E-state index in [4.69, 9.17) is 0 Å². The van der Waals surface area contributed by atoms with E-state index in [0.29, 0.717) is 17.3 Å². The summed E-state index contributed by atoms with van der Waals surface area (Å²) in [4.78, 5) is 18.3. The van der Waals surface area contributed by atoms with Gasteiger partial charge < -0.3 is 9.88 Å². The summed E-state index contributed by atoms with van der Waals surface area (Å²) in [5.74, 6) is 1.05. The van der Waals surface area contributed by atoms with Crippen LogP contribution in [0.25, 0.3) is 0 Å². The van der Waals surface area contributed by atoms with E-state index >= 15 is 0 Å². The molecule has 0 aliphatic heterocycles. The van der Waals surface area contributed by atoms with Gasteiger partial charge >= 0.3 is 0 Å². The van der Waals surface area contributed by atoms with Crippen LogP contribution >= 0.6 is 0 Å². The van der Waals surface area contributed by atoms with Gasteiger partial charge in [0.05, 0.1) is 11.3 Å². The van der Waals surface area contributed by atoms with Gasteiger partial charge in [-0.1, -0.05) is 6.92 Å². The van der Waals surface area contributed by atoms with Crippen molar-refractivity contribution >= 4 is 11.5 Å². The number of aryl methyl sites for hydroxylation is 1. The number of nitrogens with one attached hydrogen (secondary N) is 1. The molecule has 0 aromatic carbocycles. The van der Waals surface area contributed by atoms with Crippen molar-refractivity contribution in [3.05, 3.63) is 46.7 Å². The number of imidazole rings is 1. The molecule has 1 N–H and O–H groups in total. The molecule has 20 heavy (non-hydrogen) atoms. The number of pyridine rings is 1. The standard InChI is InChI=1S/C13H17N5O2/c1-10(8-17-4-3-14-9-17)6-15-13-5-11(2)12(7-16-13)18(19)20/h3-5,7,9-10H,6,8H2,1-2H3,(H,15,16)/t10-/m0/s1. The van der Waals surface area contributed by atoms with Gasteiger partial charge in [-0.05, 0) is 18.9 Å². The topological polar surface area (TPSA) is 85.9 Å². The molecule has 0 aliphatic rings. The number of nitro groups is 1. The Morgan fingerprint density at radius 3 is 2.95 bits per heavy atom. The van der Waals surface area contributed by atoms with Crippen LogP contribution in [0.2, 0.25) is 0 Å². The highest BCUT2D eigenvalue weighted by Crippen LogP contribution is 2.19. The van der Waals surface area contributed by atoms with Crippen molar-refractivity contribution in [3.63, 3.8) is 0 Å². The van der Waals surface area contributed by atoms with Crippen LogP contribution < -0.4 is 5.32 Å². The molecule has 2 aromatic rings. The average Bonchev–Trinajstić information content (AvgIpc) is 2.89. The van der Waals surface area contributed by atoms with Gasteiger partial charge in [-0.2, -0.15) is 0 Å². The zero-order valence-corrected chi connectivity index (χ0v) is 11.5. The minimum Gasteiger partial charge on any atom is -0.370 e. The van der Waals surface area contributed by atoms with Crippen LogP contribution in [0.15, 0.2) is 31.0 Å². The minimum absolute atomic E-state index is 0.0435. The van der Waals surface area contributed by atoms with Gasteiger partial charge in [0, 0.05) is 31.0 Å². The molecule has 7 nitrogen and oxygen atoms in total. The molecule has 7 heteroatoms. The molecule has 0 bridgehead atoms. The summed E-state index contributed by atoms with van der Waals surface area (Å²) in [6.07, 6.45) is 6.75. The van der Waals surface area contributed by atoms with Crippen molar-refractivity contribution < 1.29 is 4.92 Å². The second kappa shape index (κ2) is 6.14. The lowest BCUT2D eigenvalue weighted by molar-refractivity contribution is -0.385. The molecule has 2 rings (SSSR count). The Bertz CT molecular complexity index is 582. The van der Waals surface area contributed by atoms with Crippen LogP contribution in [0.5, 0.6) is 0 Å². The predicted molar refractivity (Wildman–Crippen MR) is 75.5 cm³/mol. The third-order valence-corrected chi connectivity index (χ3v) is 2.99. The molecule has 106 valence electrons. The van der Waals surface area contributed by atoms with Gasteiger partial charge in [-0.3, -0.25) is 10.1 Å². The fourth-order valence-corrected chi connectivity index (χ4v) is 1.93. The average molecular weight is 275 g/mol. The zero-order valence-electron chi connectivity index (χ0n) is 11.5. The SMILES string of the molecule is Cc1cc(NC[C@H](C)Cn2ccnc2)ncc1[N+](=O)[O-]. The number of anilines is 1. The molecule has 0 saturated carbocycles. The van der Waals surface area contributed by atoms with E-state index in [1.807, 2.05) is 10.8 Å². The van der Waals surface area contributed by atoms with E-state index in [1.165, 1.54) is 6.20 Å². The Morgan fingerprint density at radius 2 is 2.35 bits per heavy atom. The highest BCUT2D eigenvalue weighted by Gasteiger charge is 2.11. The zero-order chi connectivity index (χ0) is 14.5. The number of nitrogens with zero attached hydrogens (tertiary/aromatic N) is 4. The molecular weight excluding hydrogens is 258 g/mol. The Kier molecular flexibility index (Phi) is 4.29. The highest BCUT2D eigenvalue weighted by molar-refractivity contribution is 5.46. The van der Waals surface area contributed by atoms with Crippen molar-refractivity contribution in [1.29, 1.82) is 0 Å². The van der Waals surface area contributed by atoms with E-state index in [2.05, 4.69) is 22.2 Å². The maximum atomic E-state index is 10.7. The van der Waals surface area contributed by atoms with Gasteiger partial charge in [0.25, 0.3) is 5.69 Å². The summed E-state index contributed by atoms with van der Waals surface area (Å²) in [5, 5.41) is 13.9. The van der Waals surface area contributed by atoms with Gasteiger partial charge in [0.1, 0.15) is 12.0 Å². The quantitative estimate of drug-likeness (QED) is 0.645. The third kappa shape index (κ3) is 3.53. The normalized spacial score (nSPS) is 12.1. The summed E-state index contributed by atoms with van der Waals surface area (Å²) >= 11 is 0. The van der Waals surface area contributed by atoms with Crippen LogP contribution in [0.4, 0.5) is 11.5 Å². The van der Waals surface area contributed by atoms with Crippen molar-refractivity contribution in [2.24, 2.45) is 5.92 Å². The monoisotopic (exact) mass is 275 g/mol. The van der Waals surface area contributed by atoms with Crippen molar-refractivity contribution in [3.8, 4) is 0 Å². The lowest BCUT2D eigenvalue weighted by Crippen LogP contribution is -2.17. The van der Waals surface area contributed by atoms with Crippen molar-refractivity contribution in [1.82, 2.24) is 14.5 Å². The van der Waals surface area contributed by atoms with Gasteiger partial charge in [0.2, 0.25) is 0 Å². The van der Waals surface area contributed by atoms with E-state index in [0.717, 1.165) is 13.1 Å². The van der Waals surface area contributed by atoms with Gasteiger partial charge in [-0.25, -0.2) is 9.97 Å². The van der Waals surface area contributed by atoms with Crippen molar-refractivity contribution in [2.45, 2.75) is 20.4 Å². The maximum absolute atomic E-state index is 10.7. The Morgan fingerprint density at radius 1 is 1.55 bits per heavy atom. The molecule has 0 saturated heterocycles. The van der Waals surface area contributed by atoms with Gasteiger partial charge in [-0.15, -0.1) is 0 Å². The predicted octanol–water partition coefficient (Wildman–Crippen LogP) is 2.24. The second-order valence-corrected chi connectivity index (χ2v) is 4.86. The number of hydrogen-bond acceptors (Lipinski definition) is 5. The van der Waals surface area contributed by atoms with Crippen molar-refractivity contribution in [2.75, 3.05) is 11.9 Å². The van der Waals surface area contributed by atoms with E-state index in [-0.39, 0.29) is 5.69 Å². The van der Waals surface area contributed by atoms with Crippen LogP contribution in [-0.4, -0.2) is 26.0 Å². The van der Waals surface area contributed by atoms with Crippen LogP contribution in [-0.2, 0) is 6.54 Å². The van der Waals surface area contributed by atoms with Gasteiger partial charge in [0.15, 0.2) is 0 Å². The first-order valence-corrected chi connectivity index (χ1v) is 6.37. The summed E-state index contributed by atoms with van der Waals surface area (Å²) < 4.78 is 2.01. The Balaban J connectivity index is 1.90. The fourth-order valence-electron chi connectivity index (χ4n) is 1.93. The minimum atomic E-state index is -0.423. The first-order valence-electron chi connectivity index (χ1n) is 6.37. The summed E-state index contributed by atoms with van der Waals surface area (Å²) in [5.41, 5.74) is 0.650. The van der Waals surface area contributed by atoms with Crippen LogP contribution in [0.3, 0.4) is 0 Å². The molecule has 2 aromatic heterocycles.